The molecule has 0 fully saturated rings. The monoisotopic (exact) mass is 382 g/mol. The first-order valence-electron chi connectivity index (χ1n) is 8.02. The third-order valence-electron chi connectivity index (χ3n) is 3.32. The number of halogens is 1. The summed E-state index contributed by atoms with van der Waals surface area (Å²) in [7, 11) is 0. The van der Waals surface area contributed by atoms with Crippen LogP contribution in [-0.4, -0.2) is 17.0 Å². The van der Waals surface area contributed by atoms with E-state index in [0.29, 0.717) is 13.0 Å². The molecular formula is C16H31IO2. The van der Waals surface area contributed by atoms with E-state index in [1.54, 1.807) is 0 Å². The van der Waals surface area contributed by atoms with Crippen LogP contribution in [0, 0.1) is 0 Å². The Morgan fingerprint density at radius 1 is 0.842 bits per heavy atom. The third kappa shape index (κ3) is 16.1. The third-order valence-corrected chi connectivity index (χ3v) is 3.77. The Labute approximate surface area is 133 Å². The van der Waals surface area contributed by atoms with E-state index in [4.69, 9.17) is 4.74 Å². The van der Waals surface area contributed by atoms with Gasteiger partial charge in [-0.25, -0.2) is 0 Å². The molecule has 0 heterocycles. The summed E-state index contributed by atoms with van der Waals surface area (Å²) in [6, 6.07) is 0. The lowest BCUT2D eigenvalue weighted by atomic mass is 10.1. The second-order valence-electron chi connectivity index (χ2n) is 5.19. The van der Waals surface area contributed by atoms with Gasteiger partial charge in [-0.15, -0.1) is 0 Å². The van der Waals surface area contributed by atoms with Gasteiger partial charge >= 0.3 is 5.97 Å². The Balaban J connectivity index is 3.04. The minimum atomic E-state index is -0.0207. The first-order chi connectivity index (χ1) is 9.31. The molecule has 0 aromatic rings. The molecule has 0 spiro atoms. The molecule has 0 saturated heterocycles. The number of alkyl halides is 1. The van der Waals surface area contributed by atoms with Crippen LogP contribution < -0.4 is 0 Å². The normalized spacial score (nSPS) is 10.6. The van der Waals surface area contributed by atoms with E-state index in [2.05, 4.69) is 29.5 Å². The number of esters is 1. The van der Waals surface area contributed by atoms with Crippen LogP contribution in [0.4, 0.5) is 0 Å². The van der Waals surface area contributed by atoms with Crippen molar-refractivity contribution in [1.82, 2.24) is 0 Å². The van der Waals surface area contributed by atoms with Gasteiger partial charge in [-0.3, -0.25) is 4.79 Å². The van der Waals surface area contributed by atoms with Crippen molar-refractivity contribution in [3.8, 4) is 0 Å². The van der Waals surface area contributed by atoms with Gasteiger partial charge in [0.15, 0.2) is 0 Å². The van der Waals surface area contributed by atoms with Crippen molar-refractivity contribution >= 4 is 28.6 Å². The molecule has 0 bridgehead atoms. The number of rotatable bonds is 14. The number of carbonyl (C=O) groups excluding carboxylic acids is 1. The first kappa shape index (κ1) is 19.2. The van der Waals surface area contributed by atoms with E-state index in [0.717, 1.165) is 10.8 Å². The molecule has 0 aliphatic carbocycles. The molecule has 0 aromatic heterocycles. The highest BCUT2D eigenvalue weighted by atomic mass is 127. The fraction of sp³-hybridized carbons (Fsp3) is 0.938. The van der Waals surface area contributed by atoms with E-state index in [1.807, 2.05) is 0 Å². The Bertz CT molecular complexity index is 195. The summed E-state index contributed by atoms with van der Waals surface area (Å²) >= 11 is 2.22. The second-order valence-corrected chi connectivity index (χ2v) is 6.27. The topological polar surface area (TPSA) is 26.3 Å². The number of unbranched alkanes of at least 4 members (excludes halogenated alkanes) is 10. The Morgan fingerprint density at radius 3 is 1.79 bits per heavy atom. The molecule has 0 rings (SSSR count). The molecular weight excluding hydrogens is 351 g/mol. The van der Waals surface area contributed by atoms with Crippen LogP contribution in [0.15, 0.2) is 0 Å². The maximum atomic E-state index is 11.2. The van der Waals surface area contributed by atoms with Crippen LogP contribution >= 0.6 is 22.6 Å². The molecule has 0 unspecified atom stereocenters. The predicted molar refractivity (Wildman–Crippen MR) is 90.9 cm³/mol. The van der Waals surface area contributed by atoms with Gasteiger partial charge in [0, 0.05) is 10.8 Å². The summed E-state index contributed by atoms with van der Waals surface area (Å²) in [6.07, 6.45) is 15.1. The van der Waals surface area contributed by atoms with Gasteiger partial charge in [0.1, 0.15) is 6.61 Å². The molecule has 19 heavy (non-hydrogen) atoms. The average molecular weight is 382 g/mol. The summed E-state index contributed by atoms with van der Waals surface area (Å²) in [5, 5.41) is 0. The van der Waals surface area contributed by atoms with Crippen molar-refractivity contribution in [2.75, 3.05) is 11.0 Å². The predicted octanol–water partition coefficient (Wildman–Crippen LogP) is 5.67. The van der Waals surface area contributed by atoms with Crippen molar-refractivity contribution < 1.29 is 9.53 Å². The minimum absolute atomic E-state index is 0.0207. The van der Waals surface area contributed by atoms with Gasteiger partial charge in [-0.05, 0) is 6.42 Å². The standard InChI is InChI=1S/C16H31IO2/c1-2-3-4-5-6-7-8-9-10-11-12-13-16(18)19-15-14-17/h2-15H2,1H3. The Morgan fingerprint density at radius 2 is 1.32 bits per heavy atom. The number of hydrogen-bond acceptors (Lipinski definition) is 2. The van der Waals surface area contributed by atoms with Crippen molar-refractivity contribution in [1.29, 1.82) is 0 Å². The number of carbonyl (C=O) groups is 1. The van der Waals surface area contributed by atoms with Gasteiger partial charge in [-0.2, -0.15) is 0 Å². The van der Waals surface area contributed by atoms with Crippen LogP contribution in [0.25, 0.3) is 0 Å². The largest absolute Gasteiger partial charge is 0.465 e. The van der Waals surface area contributed by atoms with E-state index < -0.39 is 0 Å². The van der Waals surface area contributed by atoms with E-state index in [9.17, 15) is 4.79 Å². The summed E-state index contributed by atoms with van der Waals surface area (Å²) in [6.45, 7) is 2.83. The smallest absolute Gasteiger partial charge is 0.305 e. The first-order valence-corrected chi connectivity index (χ1v) is 9.55. The Kier molecular flexibility index (Phi) is 16.4. The zero-order valence-electron chi connectivity index (χ0n) is 12.6. The summed E-state index contributed by atoms with van der Waals surface area (Å²) in [5.41, 5.74) is 0. The van der Waals surface area contributed by atoms with Gasteiger partial charge in [0.05, 0.1) is 0 Å². The van der Waals surface area contributed by atoms with Gasteiger partial charge in [0.2, 0.25) is 0 Å². The molecule has 0 saturated carbocycles. The van der Waals surface area contributed by atoms with E-state index >= 15 is 0 Å². The maximum Gasteiger partial charge on any atom is 0.305 e. The highest BCUT2D eigenvalue weighted by Crippen LogP contribution is 2.12. The van der Waals surface area contributed by atoms with Gasteiger partial charge in [0.25, 0.3) is 0 Å². The highest BCUT2D eigenvalue weighted by Gasteiger charge is 2.01. The fourth-order valence-electron chi connectivity index (χ4n) is 2.16. The maximum absolute atomic E-state index is 11.2. The zero-order valence-corrected chi connectivity index (χ0v) is 14.8. The van der Waals surface area contributed by atoms with Crippen LogP contribution in [0.1, 0.15) is 84.0 Å². The summed E-state index contributed by atoms with van der Waals surface area (Å²) in [4.78, 5) is 11.2. The molecule has 0 N–H and O–H groups in total. The van der Waals surface area contributed by atoms with Gasteiger partial charge in [-0.1, -0.05) is 93.7 Å². The molecule has 3 heteroatoms. The average Bonchev–Trinajstić information content (AvgIpc) is 2.42. The molecule has 0 aliphatic heterocycles. The summed E-state index contributed by atoms with van der Waals surface area (Å²) < 4.78 is 5.93. The number of hydrogen-bond donors (Lipinski definition) is 0. The zero-order chi connectivity index (χ0) is 14.2. The number of ether oxygens (including phenoxy) is 1. The van der Waals surface area contributed by atoms with Crippen molar-refractivity contribution in [2.45, 2.75) is 84.0 Å². The minimum Gasteiger partial charge on any atom is -0.465 e. The van der Waals surface area contributed by atoms with Crippen LogP contribution in [-0.2, 0) is 9.53 Å². The van der Waals surface area contributed by atoms with Crippen LogP contribution in [0.2, 0.25) is 0 Å². The van der Waals surface area contributed by atoms with Crippen molar-refractivity contribution in [3.05, 3.63) is 0 Å². The molecule has 0 radical (unpaired) electrons. The van der Waals surface area contributed by atoms with Crippen LogP contribution in [0.3, 0.4) is 0 Å². The Hall–Kier alpha value is 0.200. The molecule has 2 nitrogen and oxygen atoms in total. The molecule has 0 amide bonds. The van der Waals surface area contributed by atoms with E-state index in [1.165, 1.54) is 64.2 Å². The lowest BCUT2D eigenvalue weighted by molar-refractivity contribution is -0.143. The van der Waals surface area contributed by atoms with Gasteiger partial charge < -0.3 is 4.74 Å². The lowest BCUT2D eigenvalue weighted by Crippen LogP contribution is -2.05. The summed E-state index contributed by atoms with van der Waals surface area (Å²) in [5.74, 6) is -0.0207. The quantitative estimate of drug-likeness (QED) is 0.168. The molecule has 0 atom stereocenters. The molecule has 0 aromatic carbocycles. The van der Waals surface area contributed by atoms with Crippen LogP contribution in [0.5, 0.6) is 0 Å². The van der Waals surface area contributed by atoms with E-state index in [-0.39, 0.29) is 5.97 Å². The SMILES string of the molecule is CCCCCCCCCCCCCC(=O)OCCI. The fourth-order valence-corrected chi connectivity index (χ4v) is 2.38. The molecule has 114 valence electrons. The second kappa shape index (κ2) is 16.3. The van der Waals surface area contributed by atoms with Crippen molar-refractivity contribution in [2.24, 2.45) is 0 Å². The van der Waals surface area contributed by atoms with Crippen molar-refractivity contribution in [3.63, 3.8) is 0 Å². The molecule has 0 aliphatic rings. The highest BCUT2D eigenvalue weighted by molar-refractivity contribution is 14.1. The lowest BCUT2D eigenvalue weighted by Gasteiger charge is -2.03.